The van der Waals surface area contributed by atoms with Gasteiger partial charge in [-0.1, -0.05) is 127 Å². The molecule has 3 fully saturated rings. The van der Waals surface area contributed by atoms with E-state index in [0.717, 1.165) is 141 Å². The van der Waals surface area contributed by atoms with Crippen LogP contribution in [0.3, 0.4) is 0 Å². The van der Waals surface area contributed by atoms with Gasteiger partial charge in [-0.15, -0.1) is 0 Å². The van der Waals surface area contributed by atoms with Crippen LogP contribution in [0.25, 0.3) is 0 Å². The predicted molar refractivity (Wildman–Crippen MR) is 393 cm³/mol. The molecule has 2 aliphatic heterocycles. The summed E-state index contributed by atoms with van der Waals surface area (Å²) >= 11 is 0. The quantitative estimate of drug-likeness (QED) is 0.00560. The first-order valence-corrected chi connectivity index (χ1v) is 39.6. The molecule has 590 valence electrons. The zero-order chi connectivity index (χ0) is 78.4. The highest BCUT2D eigenvalue weighted by Gasteiger charge is 2.31. The molecule has 3 amide bonds. The average Bonchev–Trinajstić information content (AvgIpc) is 1.05. The van der Waals surface area contributed by atoms with Crippen LogP contribution in [0.1, 0.15) is 225 Å². The number of alkyl carbamates (subject to hydrolysis) is 3. The Balaban J connectivity index is -0.000000198. The zero-order valence-electron chi connectivity index (χ0n) is 64.9. The summed E-state index contributed by atoms with van der Waals surface area (Å²) < 4.78 is 47.8. The number of epoxide rings is 2. The van der Waals surface area contributed by atoms with E-state index in [4.69, 9.17) is 38.6 Å². The number of carbonyl (C=O) groups is 9. The van der Waals surface area contributed by atoms with Crippen molar-refractivity contribution in [2.24, 2.45) is 15.9 Å². The first-order chi connectivity index (χ1) is 47.9. The summed E-state index contributed by atoms with van der Waals surface area (Å²) in [6.45, 7) is 44.4. The molecule has 2 atom stereocenters. The summed E-state index contributed by atoms with van der Waals surface area (Å²) in [5.74, 6) is -3.21. The topological polar surface area (TPSA) is 388 Å². The first kappa shape index (κ1) is 107. The maximum Gasteiger partial charge on any atom is 0.407 e. The van der Waals surface area contributed by atoms with Gasteiger partial charge in [0.05, 0.1) is 97.1 Å². The van der Waals surface area contributed by atoms with Gasteiger partial charge in [0.25, 0.3) is 0 Å². The van der Waals surface area contributed by atoms with E-state index in [1.54, 1.807) is 13.0 Å². The molecule has 29 heteroatoms. The maximum absolute atomic E-state index is 11.3. The van der Waals surface area contributed by atoms with Gasteiger partial charge in [0.15, 0.2) is 0 Å². The molecule has 2 heterocycles. The van der Waals surface area contributed by atoms with Crippen LogP contribution in [-0.2, 0) is 85.7 Å². The largest absolute Gasteiger partial charge is 0.481 e. The highest BCUT2D eigenvalue weighted by atomic mass is 28.3. The highest BCUT2D eigenvalue weighted by molar-refractivity contribution is 6.76. The molecule has 3 rings (SSSR count). The molecule has 3 aliphatic rings. The number of nitrogens with one attached hydrogen (secondary N) is 3. The molecule has 0 aromatic carbocycles. The number of nitrogens with zero attached hydrogens (tertiary/aromatic N) is 2. The Morgan fingerprint density at radius 1 is 0.584 bits per heavy atom. The van der Waals surface area contributed by atoms with E-state index in [0.29, 0.717) is 89.6 Å². The summed E-state index contributed by atoms with van der Waals surface area (Å²) in [7, 11) is 0.861. The summed E-state index contributed by atoms with van der Waals surface area (Å²) in [5, 5.41) is 24.1. The van der Waals surface area contributed by atoms with Crippen molar-refractivity contribution in [3.63, 3.8) is 0 Å². The lowest BCUT2D eigenvalue weighted by molar-refractivity contribution is -0.147. The Morgan fingerprint density at radius 2 is 1.06 bits per heavy atom. The van der Waals surface area contributed by atoms with Crippen molar-refractivity contribution in [3.05, 3.63) is 24.3 Å². The number of carboxylic acid groups (broad SMARTS) is 2. The number of esters is 4. The number of unbranched alkanes of at least 4 members (excludes halogenated alkanes) is 4. The minimum absolute atomic E-state index is 0.0324. The number of aliphatic imine (C=N–C) groups is 2. The summed E-state index contributed by atoms with van der Waals surface area (Å²) in [5.41, 5.74) is 0.212. The van der Waals surface area contributed by atoms with Crippen LogP contribution in [0.5, 0.6) is 0 Å². The van der Waals surface area contributed by atoms with E-state index in [9.17, 15) is 52.7 Å². The number of carboxylic acids is 2. The summed E-state index contributed by atoms with van der Waals surface area (Å²) in [4.78, 5) is 121. The van der Waals surface area contributed by atoms with Gasteiger partial charge < -0.3 is 73.5 Å². The second-order valence-corrected chi connectivity index (χ2v) is 29.9. The smallest absolute Gasteiger partial charge is 0.407 e. The fraction of sp³-hybridized carbons (Fsp3) is 0.792. The Hall–Kier alpha value is -7.03. The normalized spacial score (nSPS) is 15.1. The van der Waals surface area contributed by atoms with Gasteiger partial charge >= 0.3 is 54.1 Å². The number of amides is 3. The number of hydrogen-bond donors (Lipinski definition) is 5. The third-order valence-electron chi connectivity index (χ3n) is 12.4. The SMILES string of the molecule is C=C(C)C(=O)OCCC.CCC1CO1.CCCC[Si](C)(C)C.CCCOC(=O)/C=C/C(=O)O.CCCOC(=O)CCC(=O)O.CCCOC(=O)NC.CCCOC(=O)NCC1CCC(C)(N=C=O)CC1.CCCOC(=O)NCCCCCCN=C=O.CCCOC(C)=O.CCCOCC1CO1. The molecule has 0 aromatic heterocycles. The third kappa shape index (κ3) is 104. The Labute approximate surface area is 606 Å². The molecule has 1 saturated carbocycles. The van der Waals surface area contributed by atoms with Crippen molar-refractivity contribution < 1.29 is 110 Å². The number of aliphatic carboxylic acids is 2. The van der Waals surface area contributed by atoms with E-state index < -0.39 is 32.0 Å². The molecule has 2 saturated heterocycles. The van der Waals surface area contributed by atoms with Crippen LogP contribution in [0.15, 0.2) is 34.3 Å². The van der Waals surface area contributed by atoms with Gasteiger partial charge in [0, 0.05) is 59.5 Å². The van der Waals surface area contributed by atoms with E-state index >= 15 is 0 Å². The lowest BCUT2D eigenvalue weighted by atomic mass is 9.78. The molecule has 5 N–H and O–H groups in total. The predicted octanol–water partition coefficient (Wildman–Crippen LogP) is 13.8. The number of carbonyl (C=O) groups excluding carboxylic acids is 9. The van der Waals surface area contributed by atoms with E-state index in [-0.39, 0.29) is 48.6 Å². The number of hydrogen-bond acceptors (Lipinski definition) is 23. The minimum Gasteiger partial charge on any atom is -0.481 e. The van der Waals surface area contributed by atoms with Gasteiger partial charge in [-0.3, -0.25) is 14.4 Å². The van der Waals surface area contributed by atoms with Gasteiger partial charge in [-0.2, -0.15) is 4.99 Å². The van der Waals surface area contributed by atoms with Crippen molar-refractivity contribution >= 4 is 74.3 Å². The Kier molecular flexibility index (Phi) is 85.4. The van der Waals surface area contributed by atoms with Crippen LogP contribution in [0.2, 0.25) is 25.7 Å². The monoisotopic (exact) mass is 1470 g/mol. The standard InChI is InChI=1S/C13H22N2O3.C11H20N2O3.C7H12O4.C7H10O4.C7H12O2.C7H18Si.C6H12O2.C5H11NO2.C5H10O2.C4H8O/c1-3-8-18-12(17)14-9-11-4-6-13(2,7-5-11)15-10-16;1-2-9-16-11(15)13-8-6-4-3-5-7-12-10-14;2*1-2-5-11-7(10)4-3-6(8)9;1-4-5-9-7(8)6(2)3;1-5-6-7-8(2,3)4;1-2-3-7-4-6-5-8-6;1-3-4-8-5(7)6-2;1-3-4-7-5(2)6;1-2-4-3-5-4/h11H,3-9H2,1-2H3,(H,14,17);2-9H2,1H3,(H,13,15);2-5H2,1H3,(H,8,9);3-4H,2,5H2,1H3,(H,8,9);2,4-5H2,1,3H3;5-7H2,1-4H3;6H,2-5H2,1H3;3-4H2,1-2H3,(H,6,7);3-4H2,1-2H3;4H,2-3H2,1H3/b;;;4-3+;;;;;;. The molecule has 1 aliphatic carbocycles. The van der Waals surface area contributed by atoms with Crippen LogP contribution >= 0.6 is 0 Å². The van der Waals surface area contributed by atoms with Crippen molar-refractivity contribution in [2.45, 2.75) is 268 Å². The molecule has 0 radical (unpaired) electrons. The van der Waals surface area contributed by atoms with E-state index in [1.807, 2.05) is 55.4 Å². The molecule has 2 unspecified atom stereocenters. The highest BCUT2D eigenvalue weighted by Crippen LogP contribution is 2.34. The van der Waals surface area contributed by atoms with Crippen molar-refractivity contribution in [2.75, 3.05) is 99.4 Å². The lowest BCUT2D eigenvalue weighted by Crippen LogP contribution is -2.35. The van der Waals surface area contributed by atoms with Crippen molar-refractivity contribution in [1.29, 1.82) is 0 Å². The second-order valence-electron chi connectivity index (χ2n) is 24.3. The first-order valence-electron chi connectivity index (χ1n) is 35.9. The Morgan fingerprint density at radius 3 is 1.46 bits per heavy atom. The molecule has 0 aromatic rings. The zero-order valence-corrected chi connectivity index (χ0v) is 65.9. The van der Waals surface area contributed by atoms with Crippen molar-refractivity contribution in [1.82, 2.24) is 16.0 Å². The second kappa shape index (κ2) is 80.3. The lowest BCUT2D eigenvalue weighted by Gasteiger charge is -2.32. The number of ether oxygens (including phenoxy) is 10. The fourth-order valence-corrected chi connectivity index (χ4v) is 8.02. The van der Waals surface area contributed by atoms with E-state index in [2.05, 4.69) is 91.9 Å². The van der Waals surface area contributed by atoms with Gasteiger partial charge in [0.1, 0.15) is 6.10 Å². The van der Waals surface area contributed by atoms with Gasteiger partial charge in [0.2, 0.25) is 12.2 Å². The van der Waals surface area contributed by atoms with Crippen LogP contribution in [0.4, 0.5) is 14.4 Å². The minimum atomic E-state index is -1.15. The number of rotatable bonds is 38. The summed E-state index contributed by atoms with van der Waals surface area (Å²) in [6, 6.07) is 1.50. The van der Waals surface area contributed by atoms with Crippen molar-refractivity contribution in [3.8, 4) is 0 Å². The maximum atomic E-state index is 11.3. The average molecular weight is 1470 g/mol. The van der Waals surface area contributed by atoms with Gasteiger partial charge in [-0.05, 0) is 116 Å². The number of isocyanates is 2. The van der Waals surface area contributed by atoms with Crippen LogP contribution in [0, 0.1) is 5.92 Å². The Bertz CT molecular complexity index is 2210. The third-order valence-corrected chi connectivity index (χ3v) is 14.2. The molecule has 0 spiro atoms. The molecular formula is C72H135N5O23Si. The molecular weight excluding hydrogens is 1330 g/mol. The van der Waals surface area contributed by atoms with Crippen LogP contribution < -0.4 is 16.0 Å². The molecule has 101 heavy (non-hydrogen) atoms. The van der Waals surface area contributed by atoms with E-state index in [1.165, 1.54) is 45.4 Å². The van der Waals surface area contributed by atoms with Gasteiger partial charge in [-0.25, -0.2) is 43.3 Å². The fourth-order valence-electron chi connectivity index (χ4n) is 6.60. The summed E-state index contributed by atoms with van der Waals surface area (Å²) in [6.07, 6.45) is 23.1. The molecule has 28 nitrogen and oxygen atoms in total. The molecule has 0 bridgehead atoms. The van der Waals surface area contributed by atoms with Crippen LogP contribution in [-0.4, -0.2) is 202 Å².